The van der Waals surface area contributed by atoms with E-state index in [1.54, 1.807) is 0 Å². The van der Waals surface area contributed by atoms with Gasteiger partial charge in [-0.25, -0.2) is 21.6 Å². The monoisotopic (exact) mass is 281 g/mol. The second-order valence-corrected chi connectivity index (χ2v) is 5.60. The molecule has 1 aromatic carbocycles. The number of halogens is 3. The van der Waals surface area contributed by atoms with Crippen LogP contribution in [0.3, 0.4) is 0 Å². The largest absolute Gasteiger partial charge is 0.379 e. The molecule has 0 aliphatic carbocycles. The zero-order valence-corrected chi connectivity index (χ0v) is 10.0. The van der Waals surface area contributed by atoms with E-state index in [1.807, 2.05) is 0 Å². The maximum absolute atomic E-state index is 13.5. The molecule has 18 heavy (non-hydrogen) atoms. The minimum absolute atomic E-state index is 0.0563. The molecular formula is C10H10F3NO3S. The third kappa shape index (κ3) is 2.23. The lowest BCUT2D eigenvalue weighted by atomic mass is 10.3. The first-order valence-corrected chi connectivity index (χ1v) is 6.60. The number of hydrogen-bond acceptors (Lipinski definition) is 3. The molecule has 1 saturated heterocycles. The van der Waals surface area contributed by atoms with E-state index in [0.29, 0.717) is 6.07 Å². The number of nitrogens with zero attached hydrogens (tertiary/aromatic N) is 1. The molecule has 0 atom stereocenters. The number of morpholine rings is 1. The fraction of sp³-hybridized carbons (Fsp3) is 0.400. The Labute approximate surface area is 102 Å². The van der Waals surface area contributed by atoms with E-state index in [0.717, 1.165) is 10.4 Å². The molecule has 1 aliphatic heterocycles. The Balaban J connectivity index is 2.44. The standard InChI is InChI=1S/C10H10F3NO3S/c11-7-1-2-8(10(13)9(7)12)18(15,16)14-3-5-17-6-4-14/h1-2H,3-6H2. The predicted molar refractivity (Wildman–Crippen MR) is 55.9 cm³/mol. The van der Waals surface area contributed by atoms with Gasteiger partial charge in [-0.05, 0) is 12.1 Å². The van der Waals surface area contributed by atoms with Crippen LogP contribution in [0.5, 0.6) is 0 Å². The zero-order valence-electron chi connectivity index (χ0n) is 9.20. The Kier molecular flexibility index (Phi) is 3.60. The Morgan fingerprint density at radius 1 is 1.06 bits per heavy atom. The maximum atomic E-state index is 13.5. The van der Waals surface area contributed by atoms with Gasteiger partial charge in [0.2, 0.25) is 10.0 Å². The lowest BCUT2D eigenvalue weighted by Crippen LogP contribution is -2.41. The topological polar surface area (TPSA) is 46.6 Å². The van der Waals surface area contributed by atoms with Gasteiger partial charge in [-0.2, -0.15) is 4.31 Å². The number of ether oxygens (including phenoxy) is 1. The lowest BCUT2D eigenvalue weighted by molar-refractivity contribution is 0.0729. The van der Waals surface area contributed by atoms with Crippen LogP contribution in [0.2, 0.25) is 0 Å². The summed E-state index contributed by atoms with van der Waals surface area (Å²) >= 11 is 0. The third-order valence-electron chi connectivity index (χ3n) is 2.59. The normalized spacial score (nSPS) is 17.9. The van der Waals surface area contributed by atoms with Crippen molar-refractivity contribution in [2.45, 2.75) is 4.90 Å². The summed E-state index contributed by atoms with van der Waals surface area (Å²) in [5.74, 6) is -4.90. The van der Waals surface area contributed by atoms with Crippen LogP contribution in [0.4, 0.5) is 13.2 Å². The second kappa shape index (κ2) is 4.87. The van der Waals surface area contributed by atoms with E-state index in [2.05, 4.69) is 0 Å². The molecule has 2 rings (SSSR count). The molecule has 1 fully saturated rings. The van der Waals surface area contributed by atoms with Crippen LogP contribution in [-0.2, 0) is 14.8 Å². The fourth-order valence-electron chi connectivity index (χ4n) is 1.63. The molecule has 4 nitrogen and oxygen atoms in total. The molecule has 0 spiro atoms. The molecule has 0 bridgehead atoms. The van der Waals surface area contributed by atoms with Gasteiger partial charge in [0.25, 0.3) is 0 Å². The van der Waals surface area contributed by atoms with E-state index in [9.17, 15) is 21.6 Å². The first-order chi connectivity index (χ1) is 8.44. The highest BCUT2D eigenvalue weighted by molar-refractivity contribution is 7.89. The average Bonchev–Trinajstić information content (AvgIpc) is 2.37. The van der Waals surface area contributed by atoms with Gasteiger partial charge < -0.3 is 4.74 Å². The molecule has 8 heteroatoms. The second-order valence-electron chi connectivity index (χ2n) is 3.69. The molecular weight excluding hydrogens is 271 g/mol. The van der Waals surface area contributed by atoms with Crippen molar-refractivity contribution < 1.29 is 26.3 Å². The molecule has 1 heterocycles. The predicted octanol–water partition coefficient (Wildman–Crippen LogP) is 1.12. The van der Waals surface area contributed by atoms with Crippen molar-refractivity contribution >= 4 is 10.0 Å². The highest BCUT2D eigenvalue weighted by Gasteiger charge is 2.31. The van der Waals surface area contributed by atoms with Crippen molar-refractivity contribution in [3.63, 3.8) is 0 Å². The molecule has 1 aromatic rings. The van der Waals surface area contributed by atoms with E-state index >= 15 is 0 Å². The summed E-state index contributed by atoms with van der Waals surface area (Å²) in [4.78, 5) is -0.858. The lowest BCUT2D eigenvalue weighted by Gasteiger charge is -2.26. The average molecular weight is 281 g/mol. The van der Waals surface area contributed by atoms with Crippen LogP contribution in [0.25, 0.3) is 0 Å². The van der Waals surface area contributed by atoms with Crippen LogP contribution < -0.4 is 0 Å². The van der Waals surface area contributed by atoms with Gasteiger partial charge in [0.1, 0.15) is 4.90 Å². The van der Waals surface area contributed by atoms with E-state index < -0.39 is 32.4 Å². The van der Waals surface area contributed by atoms with Gasteiger partial charge in [-0.15, -0.1) is 0 Å². The van der Waals surface area contributed by atoms with E-state index in [-0.39, 0.29) is 26.3 Å². The Bertz CT molecular complexity index is 556. The van der Waals surface area contributed by atoms with Crippen molar-refractivity contribution in [2.24, 2.45) is 0 Å². The van der Waals surface area contributed by atoms with Gasteiger partial charge in [0, 0.05) is 13.1 Å². The zero-order chi connectivity index (χ0) is 13.3. The molecule has 0 aromatic heterocycles. The molecule has 0 unspecified atom stereocenters. The molecule has 1 aliphatic rings. The van der Waals surface area contributed by atoms with Crippen molar-refractivity contribution in [3.05, 3.63) is 29.6 Å². The number of hydrogen-bond donors (Lipinski definition) is 0. The number of rotatable bonds is 2. The first kappa shape index (κ1) is 13.3. The van der Waals surface area contributed by atoms with Crippen molar-refractivity contribution in [3.8, 4) is 0 Å². The Morgan fingerprint density at radius 2 is 1.67 bits per heavy atom. The highest BCUT2D eigenvalue weighted by atomic mass is 32.2. The van der Waals surface area contributed by atoms with Crippen LogP contribution in [0, 0.1) is 17.5 Å². The van der Waals surface area contributed by atoms with Crippen LogP contribution in [-0.4, -0.2) is 39.0 Å². The molecule has 0 saturated carbocycles. The van der Waals surface area contributed by atoms with Gasteiger partial charge in [-0.3, -0.25) is 0 Å². The van der Waals surface area contributed by atoms with E-state index in [4.69, 9.17) is 4.74 Å². The van der Waals surface area contributed by atoms with Crippen LogP contribution in [0.15, 0.2) is 17.0 Å². The number of benzene rings is 1. The summed E-state index contributed by atoms with van der Waals surface area (Å²) in [6.45, 7) is 0.483. The highest BCUT2D eigenvalue weighted by Crippen LogP contribution is 2.23. The summed E-state index contributed by atoms with van der Waals surface area (Å²) in [6, 6.07) is 1.31. The van der Waals surface area contributed by atoms with Crippen LogP contribution >= 0.6 is 0 Å². The van der Waals surface area contributed by atoms with Crippen LogP contribution in [0.1, 0.15) is 0 Å². The molecule has 0 amide bonds. The number of sulfonamides is 1. The summed E-state index contributed by atoms with van der Waals surface area (Å²) in [6.07, 6.45) is 0. The summed E-state index contributed by atoms with van der Waals surface area (Å²) < 4.78 is 69.2. The van der Waals surface area contributed by atoms with Crippen molar-refractivity contribution in [2.75, 3.05) is 26.3 Å². The Hall–Kier alpha value is -1.12. The van der Waals surface area contributed by atoms with Gasteiger partial charge in [0.05, 0.1) is 13.2 Å². The van der Waals surface area contributed by atoms with Crippen molar-refractivity contribution in [1.82, 2.24) is 4.31 Å². The minimum atomic E-state index is -4.16. The molecule has 100 valence electrons. The molecule has 0 N–H and O–H groups in total. The summed E-state index contributed by atoms with van der Waals surface area (Å²) in [5, 5.41) is 0. The molecule has 0 radical (unpaired) electrons. The van der Waals surface area contributed by atoms with Gasteiger partial charge in [0.15, 0.2) is 17.5 Å². The quantitative estimate of drug-likeness (QED) is 0.763. The minimum Gasteiger partial charge on any atom is -0.379 e. The van der Waals surface area contributed by atoms with E-state index in [1.165, 1.54) is 0 Å². The summed E-state index contributed by atoms with van der Waals surface area (Å²) in [7, 11) is -4.16. The SMILES string of the molecule is O=S(=O)(c1ccc(F)c(F)c1F)N1CCOCC1. The fourth-order valence-corrected chi connectivity index (χ4v) is 3.10. The maximum Gasteiger partial charge on any atom is 0.246 e. The third-order valence-corrected chi connectivity index (χ3v) is 4.50. The summed E-state index contributed by atoms with van der Waals surface area (Å²) in [5.41, 5.74) is 0. The van der Waals surface area contributed by atoms with Crippen molar-refractivity contribution in [1.29, 1.82) is 0 Å². The first-order valence-electron chi connectivity index (χ1n) is 5.16. The smallest absolute Gasteiger partial charge is 0.246 e. The van der Waals surface area contributed by atoms with Gasteiger partial charge >= 0.3 is 0 Å². The Morgan fingerprint density at radius 3 is 2.28 bits per heavy atom. The van der Waals surface area contributed by atoms with Gasteiger partial charge in [-0.1, -0.05) is 0 Å².